The molecule has 0 aliphatic heterocycles. The van der Waals surface area contributed by atoms with E-state index >= 15 is 0 Å². The molecule has 1 unspecified atom stereocenters. The molecule has 19 heavy (non-hydrogen) atoms. The first kappa shape index (κ1) is 13.4. The molecular formula is C16H27NO2. The van der Waals surface area contributed by atoms with Crippen LogP contribution in [0.4, 0.5) is 0 Å². The van der Waals surface area contributed by atoms with E-state index < -0.39 is 5.97 Å². The van der Waals surface area contributed by atoms with Crippen LogP contribution in [-0.4, -0.2) is 22.7 Å². The minimum absolute atomic E-state index is 0.0356. The number of carbonyl (C=O) groups is 1. The normalized spacial score (nSPS) is 42.4. The molecule has 0 amide bonds. The Morgan fingerprint density at radius 2 is 1.53 bits per heavy atom. The summed E-state index contributed by atoms with van der Waals surface area (Å²) in [5, 5.41) is 13.1. The topological polar surface area (TPSA) is 49.3 Å². The van der Waals surface area contributed by atoms with E-state index in [1.807, 2.05) is 0 Å². The minimum Gasteiger partial charge on any atom is -0.480 e. The van der Waals surface area contributed by atoms with E-state index in [9.17, 15) is 9.90 Å². The Hall–Kier alpha value is -0.570. The van der Waals surface area contributed by atoms with Gasteiger partial charge in [-0.2, -0.15) is 0 Å². The van der Waals surface area contributed by atoms with E-state index in [0.29, 0.717) is 0 Å². The van der Waals surface area contributed by atoms with Gasteiger partial charge in [0.15, 0.2) is 0 Å². The summed E-state index contributed by atoms with van der Waals surface area (Å²) in [5.41, 5.74) is -0.0970. The smallest absolute Gasteiger partial charge is 0.321 e. The number of nitrogens with one attached hydrogen (secondary N) is 1. The Morgan fingerprint density at radius 1 is 1.11 bits per heavy atom. The van der Waals surface area contributed by atoms with Crippen molar-refractivity contribution in [2.45, 2.75) is 70.9 Å². The van der Waals surface area contributed by atoms with Gasteiger partial charge in [0.25, 0.3) is 0 Å². The van der Waals surface area contributed by atoms with Gasteiger partial charge < -0.3 is 5.11 Å². The summed E-state index contributed by atoms with van der Waals surface area (Å²) in [6.45, 7) is 6.22. The molecule has 0 aromatic carbocycles. The van der Waals surface area contributed by atoms with Crippen LogP contribution in [0.2, 0.25) is 0 Å². The van der Waals surface area contributed by atoms with Gasteiger partial charge >= 0.3 is 5.97 Å². The molecule has 108 valence electrons. The van der Waals surface area contributed by atoms with Crippen LogP contribution in [0.1, 0.15) is 59.3 Å². The molecule has 0 aromatic heterocycles. The Balaban J connectivity index is 1.87. The lowest BCUT2D eigenvalue weighted by molar-refractivity contribution is -0.152. The summed E-state index contributed by atoms with van der Waals surface area (Å²) >= 11 is 0. The molecular weight excluding hydrogens is 238 g/mol. The average molecular weight is 265 g/mol. The summed E-state index contributed by atoms with van der Waals surface area (Å²) in [4.78, 5) is 11.8. The van der Waals surface area contributed by atoms with Gasteiger partial charge in [-0.3, -0.25) is 10.1 Å². The average Bonchev–Trinajstić information content (AvgIpc) is 2.22. The van der Waals surface area contributed by atoms with Gasteiger partial charge in [-0.05, 0) is 82.5 Å². The summed E-state index contributed by atoms with van der Waals surface area (Å²) < 4.78 is 0. The molecule has 4 aliphatic rings. The van der Waals surface area contributed by atoms with E-state index in [-0.39, 0.29) is 17.0 Å². The molecule has 4 bridgehead atoms. The molecule has 4 rings (SSSR count). The molecule has 0 spiro atoms. The van der Waals surface area contributed by atoms with Crippen LogP contribution in [0.25, 0.3) is 0 Å². The second kappa shape index (κ2) is 4.21. The maximum absolute atomic E-state index is 11.8. The van der Waals surface area contributed by atoms with Crippen molar-refractivity contribution in [3.05, 3.63) is 0 Å². The van der Waals surface area contributed by atoms with E-state index in [2.05, 4.69) is 26.1 Å². The highest BCUT2D eigenvalue weighted by Crippen LogP contribution is 2.61. The Bertz CT molecular complexity index is 347. The van der Waals surface area contributed by atoms with Crippen LogP contribution in [0.3, 0.4) is 0 Å². The number of carboxylic acids is 1. The first-order valence-corrected chi connectivity index (χ1v) is 7.78. The largest absolute Gasteiger partial charge is 0.480 e. The molecule has 2 N–H and O–H groups in total. The zero-order valence-corrected chi connectivity index (χ0v) is 12.4. The second-order valence-corrected chi connectivity index (χ2v) is 8.45. The third-order valence-electron chi connectivity index (χ3n) is 5.52. The van der Waals surface area contributed by atoms with E-state index in [0.717, 1.165) is 37.0 Å². The lowest BCUT2D eigenvalue weighted by Gasteiger charge is -2.59. The molecule has 4 aliphatic carbocycles. The second-order valence-electron chi connectivity index (χ2n) is 8.45. The van der Waals surface area contributed by atoms with Crippen LogP contribution in [0.15, 0.2) is 0 Å². The fraction of sp³-hybridized carbons (Fsp3) is 0.938. The summed E-state index contributed by atoms with van der Waals surface area (Å²) in [6.07, 6.45) is 7.50. The Morgan fingerprint density at radius 3 is 1.84 bits per heavy atom. The van der Waals surface area contributed by atoms with Crippen molar-refractivity contribution in [2.75, 3.05) is 0 Å². The first-order valence-electron chi connectivity index (χ1n) is 7.78. The number of hydrogen-bond donors (Lipinski definition) is 2. The van der Waals surface area contributed by atoms with Gasteiger partial charge in [0.2, 0.25) is 0 Å². The van der Waals surface area contributed by atoms with E-state index in [4.69, 9.17) is 0 Å². The quantitative estimate of drug-likeness (QED) is 0.824. The summed E-state index contributed by atoms with van der Waals surface area (Å²) in [7, 11) is 0. The molecule has 0 heterocycles. The summed E-state index contributed by atoms with van der Waals surface area (Å²) in [6, 6.07) is -0.360. The number of aliphatic carboxylic acids is 1. The zero-order chi connectivity index (χ0) is 13.8. The zero-order valence-electron chi connectivity index (χ0n) is 12.4. The van der Waals surface area contributed by atoms with Crippen LogP contribution >= 0.6 is 0 Å². The van der Waals surface area contributed by atoms with Crippen molar-refractivity contribution in [1.29, 1.82) is 0 Å². The molecule has 3 nitrogen and oxygen atoms in total. The molecule has 4 fully saturated rings. The predicted molar refractivity (Wildman–Crippen MR) is 74.9 cm³/mol. The number of carboxylic acid groups (broad SMARTS) is 1. The number of hydrogen-bond acceptors (Lipinski definition) is 2. The summed E-state index contributed by atoms with van der Waals surface area (Å²) in [5.74, 6) is 1.76. The highest BCUT2D eigenvalue weighted by Gasteiger charge is 2.56. The van der Waals surface area contributed by atoms with Crippen molar-refractivity contribution in [3.8, 4) is 0 Å². The van der Waals surface area contributed by atoms with Crippen LogP contribution in [-0.2, 0) is 4.79 Å². The van der Waals surface area contributed by atoms with Crippen molar-refractivity contribution < 1.29 is 9.90 Å². The van der Waals surface area contributed by atoms with Gasteiger partial charge in [-0.1, -0.05) is 0 Å². The van der Waals surface area contributed by atoms with Crippen LogP contribution in [0, 0.1) is 23.2 Å². The highest BCUT2D eigenvalue weighted by atomic mass is 16.4. The lowest BCUT2D eigenvalue weighted by atomic mass is 9.47. The van der Waals surface area contributed by atoms with Crippen LogP contribution in [0.5, 0.6) is 0 Å². The van der Waals surface area contributed by atoms with Gasteiger partial charge in [-0.15, -0.1) is 0 Å². The standard InChI is InChI=1S/C16H27NO2/c1-15(2,3)17-13(14(18)19)16-7-10-4-11(8-16)6-12(5-10)9-16/h10-13,17H,4-9H2,1-3H3,(H,18,19). The maximum atomic E-state index is 11.8. The molecule has 1 atom stereocenters. The van der Waals surface area contributed by atoms with Gasteiger partial charge in [-0.25, -0.2) is 0 Å². The predicted octanol–water partition coefficient (Wildman–Crippen LogP) is 3.04. The van der Waals surface area contributed by atoms with Crippen molar-refractivity contribution in [1.82, 2.24) is 5.32 Å². The molecule has 0 saturated heterocycles. The molecule has 0 radical (unpaired) electrons. The highest BCUT2D eigenvalue weighted by molar-refractivity contribution is 5.75. The van der Waals surface area contributed by atoms with Crippen molar-refractivity contribution >= 4 is 5.97 Å². The van der Waals surface area contributed by atoms with Crippen LogP contribution < -0.4 is 5.32 Å². The molecule has 4 saturated carbocycles. The van der Waals surface area contributed by atoms with Crippen molar-refractivity contribution in [2.24, 2.45) is 23.2 Å². The monoisotopic (exact) mass is 265 g/mol. The fourth-order valence-corrected chi connectivity index (χ4v) is 5.44. The van der Waals surface area contributed by atoms with Gasteiger partial charge in [0, 0.05) is 5.54 Å². The molecule has 3 heteroatoms. The minimum atomic E-state index is -0.642. The number of rotatable bonds is 3. The fourth-order valence-electron chi connectivity index (χ4n) is 5.44. The van der Waals surface area contributed by atoms with Gasteiger partial charge in [0.1, 0.15) is 6.04 Å². The lowest BCUT2D eigenvalue weighted by Crippen LogP contribution is -2.62. The van der Waals surface area contributed by atoms with Crippen molar-refractivity contribution in [3.63, 3.8) is 0 Å². The SMILES string of the molecule is CC(C)(C)NC(C(=O)O)C12CC3CC(CC(C3)C1)C2. The Labute approximate surface area is 116 Å². The third kappa shape index (κ3) is 2.42. The Kier molecular flexibility index (Phi) is 2.97. The maximum Gasteiger partial charge on any atom is 0.321 e. The van der Waals surface area contributed by atoms with E-state index in [1.54, 1.807) is 0 Å². The van der Waals surface area contributed by atoms with E-state index in [1.165, 1.54) is 19.3 Å². The first-order chi connectivity index (χ1) is 8.77. The molecule has 0 aromatic rings. The third-order valence-corrected chi connectivity index (χ3v) is 5.52. The van der Waals surface area contributed by atoms with Gasteiger partial charge in [0.05, 0.1) is 0 Å².